The number of carbonyl (C=O) groups excluding carboxylic acids is 2. The fourth-order valence-corrected chi connectivity index (χ4v) is 3.33. The van der Waals surface area contributed by atoms with Crippen LogP contribution in [0.4, 0.5) is 5.69 Å². The molecular weight excluding hydrogens is 392 g/mol. The van der Waals surface area contributed by atoms with Gasteiger partial charge in [0, 0.05) is 7.05 Å². The van der Waals surface area contributed by atoms with E-state index in [2.05, 4.69) is 15.6 Å². The van der Waals surface area contributed by atoms with Gasteiger partial charge in [0.2, 0.25) is 5.91 Å². The fourth-order valence-electron chi connectivity index (χ4n) is 3.33. The van der Waals surface area contributed by atoms with Crippen LogP contribution in [-0.4, -0.2) is 28.4 Å². The van der Waals surface area contributed by atoms with Gasteiger partial charge in [-0.05, 0) is 36.4 Å². The second kappa shape index (κ2) is 9.13. The molecule has 0 spiro atoms. The summed E-state index contributed by atoms with van der Waals surface area (Å²) in [4.78, 5) is 29.6. The molecule has 2 N–H and O–H groups in total. The predicted octanol–water partition coefficient (Wildman–Crippen LogP) is 3.61. The largest absolute Gasteiger partial charge is 0.486 e. The number of carbonyl (C=O) groups is 2. The highest BCUT2D eigenvalue weighted by Crippen LogP contribution is 2.20. The Morgan fingerprint density at radius 1 is 0.935 bits per heavy atom. The average Bonchev–Trinajstić information content (AvgIpc) is 3.15. The van der Waals surface area contributed by atoms with Crippen LogP contribution in [0.5, 0.6) is 5.75 Å². The van der Waals surface area contributed by atoms with Crippen molar-refractivity contribution in [2.75, 3.05) is 12.4 Å². The second-order valence-corrected chi connectivity index (χ2v) is 6.88. The van der Waals surface area contributed by atoms with Crippen molar-refractivity contribution in [2.45, 2.75) is 13.2 Å². The number of fused-ring (bicyclic) bond motifs is 1. The van der Waals surface area contributed by atoms with E-state index in [9.17, 15) is 9.59 Å². The van der Waals surface area contributed by atoms with Gasteiger partial charge >= 0.3 is 0 Å². The molecular formula is C24H22N4O3. The molecule has 156 valence electrons. The fraction of sp³-hybridized carbons (Fsp3) is 0.125. The number of para-hydroxylation sites is 4. The van der Waals surface area contributed by atoms with Gasteiger partial charge in [-0.25, -0.2) is 4.98 Å². The highest BCUT2D eigenvalue weighted by Gasteiger charge is 2.16. The molecule has 7 nitrogen and oxygen atoms in total. The Kier molecular flexibility index (Phi) is 5.93. The van der Waals surface area contributed by atoms with E-state index >= 15 is 0 Å². The number of hydrogen-bond donors (Lipinski definition) is 2. The SMILES string of the molecule is CNC(=O)c1ccccc1NC(=O)Cn1c(COc2ccccc2)nc2ccccc21. The van der Waals surface area contributed by atoms with E-state index in [4.69, 9.17) is 4.74 Å². The number of ether oxygens (including phenoxy) is 1. The molecule has 1 aromatic heterocycles. The summed E-state index contributed by atoms with van der Waals surface area (Å²) in [7, 11) is 1.55. The summed E-state index contributed by atoms with van der Waals surface area (Å²) in [5.41, 5.74) is 2.48. The van der Waals surface area contributed by atoms with Gasteiger partial charge in [0.1, 0.15) is 24.7 Å². The van der Waals surface area contributed by atoms with Gasteiger partial charge in [-0.3, -0.25) is 9.59 Å². The molecule has 0 aliphatic carbocycles. The van der Waals surface area contributed by atoms with E-state index in [0.717, 1.165) is 16.8 Å². The number of rotatable bonds is 7. The van der Waals surface area contributed by atoms with Crippen molar-refractivity contribution < 1.29 is 14.3 Å². The van der Waals surface area contributed by atoms with Crippen LogP contribution in [0.15, 0.2) is 78.9 Å². The first-order valence-electron chi connectivity index (χ1n) is 9.88. The first kappa shape index (κ1) is 20.2. The lowest BCUT2D eigenvalue weighted by atomic mass is 10.1. The lowest BCUT2D eigenvalue weighted by molar-refractivity contribution is -0.116. The van der Waals surface area contributed by atoms with Crippen molar-refractivity contribution >= 4 is 28.5 Å². The van der Waals surface area contributed by atoms with Crippen LogP contribution >= 0.6 is 0 Å². The van der Waals surface area contributed by atoms with Gasteiger partial charge in [-0.1, -0.05) is 42.5 Å². The zero-order valence-corrected chi connectivity index (χ0v) is 17.0. The maximum absolute atomic E-state index is 12.9. The zero-order chi connectivity index (χ0) is 21.6. The third-order valence-electron chi connectivity index (χ3n) is 4.82. The Morgan fingerprint density at radius 3 is 2.45 bits per heavy atom. The molecule has 4 rings (SSSR count). The summed E-state index contributed by atoms with van der Waals surface area (Å²) in [6, 6.07) is 24.0. The smallest absolute Gasteiger partial charge is 0.253 e. The molecule has 0 fully saturated rings. The number of nitrogens with one attached hydrogen (secondary N) is 2. The van der Waals surface area contributed by atoms with Crippen molar-refractivity contribution in [3.8, 4) is 5.75 Å². The quantitative estimate of drug-likeness (QED) is 0.484. The Bertz CT molecular complexity index is 1220. The number of hydrogen-bond acceptors (Lipinski definition) is 4. The van der Waals surface area contributed by atoms with E-state index in [1.807, 2.05) is 59.2 Å². The third-order valence-corrected chi connectivity index (χ3v) is 4.82. The topological polar surface area (TPSA) is 85.2 Å². The lowest BCUT2D eigenvalue weighted by Crippen LogP contribution is -2.24. The summed E-state index contributed by atoms with van der Waals surface area (Å²) < 4.78 is 7.69. The molecule has 0 radical (unpaired) electrons. The number of anilines is 1. The highest BCUT2D eigenvalue weighted by atomic mass is 16.5. The maximum Gasteiger partial charge on any atom is 0.253 e. The van der Waals surface area contributed by atoms with E-state index in [-0.39, 0.29) is 25.0 Å². The highest BCUT2D eigenvalue weighted by molar-refractivity contribution is 6.03. The maximum atomic E-state index is 12.9. The molecule has 0 saturated heterocycles. The number of aromatic nitrogens is 2. The van der Waals surface area contributed by atoms with Crippen LogP contribution < -0.4 is 15.4 Å². The van der Waals surface area contributed by atoms with Crippen LogP contribution in [0.1, 0.15) is 16.2 Å². The standard InChI is InChI=1S/C24H22N4O3/c1-25-24(30)18-11-5-6-12-19(18)27-23(29)15-28-21-14-8-7-13-20(21)26-22(28)16-31-17-9-3-2-4-10-17/h2-14H,15-16H2,1H3,(H,25,30)(H,27,29). The molecule has 4 aromatic rings. The summed E-state index contributed by atoms with van der Waals surface area (Å²) in [6.07, 6.45) is 0. The van der Waals surface area contributed by atoms with Crippen molar-refractivity contribution in [1.29, 1.82) is 0 Å². The Balaban J connectivity index is 1.57. The molecule has 31 heavy (non-hydrogen) atoms. The minimum Gasteiger partial charge on any atom is -0.486 e. The molecule has 0 aliphatic heterocycles. The van der Waals surface area contributed by atoms with Crippen LogP contribution in [-0.2, 0) is 17.9 Å². The molecule has 0 bridgehead atoms. The van der Waals surface area contributed by atoms with E-state index in [0.29, 0.717) is 17.1 Å². The molecule has 7 heteroatoms. The van der Waals surface area contributed by atoms with Crippen LogP contribution in [0.3, 0.4) is 0 Å². The normalized spacial score (nSPS) is 10.6. The predicted molar refractivity (Wildman–Crippen MR) is 119 cm³/mol. The second-order valence-electron chi connectivity index (χ2n) is 6.88. The first-order valence-corrected chi connectivity index (χ1v) is 9.88. The summed E-state index contributed by atoms with van der Waals surface area (Å²) >= 11 is 0. The molecule has 2 amide bonds. The number of imidazole rings is 1. The van der Waals surface area contributed by atoms with Crippen molar-refractivity contribution in [1.82, 2.24) is 14.9 Å². The molecule has 3 aromatic carbocycles. The van der Waals surface area contributed by atoms with Gasteiger partial charge in [-0.15, -0.1) is 0 Å². The van der Waals surface area contributed by atoms with E-state index in [1.54, 1.807) is 31.3 Å². The van der Waals surface area contributed by atoms with Crippen molar-refractivity contribution in [3.05, 3.63) is 90.3 Å². The summed E-state index contributed by atoms with van der Waals surface area (Å²) in [6.45, 7) is 0.261. The minimum atomic E-state index is -0.263. The summed E-state index contributed by atoms with van der Waals surface area (Å²) in [5, 5.41) is 5.42. The van der Waals surface area contributed by atoms with E-state index in [1.165, 1.54) is 0 Å². The number of nitrogens with zero attached hydrogens (tertiary/aromatic N) is 2. The Hall–Kier alpha value is -4.13. The monoisotopic (exact) mass is 414 g/mol. The first-order chi connectivity index (χ1) is 15.2. The Labute approximate surface area is 179 Å². The van der Waals surface area contributed by atoms with Gasteiger partial charge in [0.15, 0.2) is 0 Å². The Morgan fingerprint density at radius 2 is 1.65 bits per heavy atom. The number of amides is 2. The van der Waals surface area contributed by atoms with Crippen LogP contribution in [0, 0.1) is 0 Å². The van der Waals surface area contributed by atoms with Crippen LogP contribution in [0.2, 0.25) is 0 Å². The van der Waals surface area contributed by atoms with Gasteiger partial charge < -0.3 is 19.9 Å². The number of benzene rings is 3. The molecule has 0 unspecified atom stereocenters. The van der Waals surface area contributed by atoms with Gasteiger partial charge in [0.25, 0.3) is 5.91 Å². The van der Waals surface area contributed by atoms with Crippen molar-refractivity contribution in [2.24, 2.45) is 0 Å². The van der Waals surface area contributed by atoms with Gasteiger partial charge in [-0.2, -0.15) is 0 Å². The van der Waals surface area contributed by atoms with Crippen molar-refractivity contribution in [3.63, 3.8) is 0 Å². The minimum absolute atomic E-state index is 0.0378. The third kappa shape index (κ3) is 4.56. The molecule has 0 atom stereocenters. The molecule has 0 saturated carbocycles. The molecule has 1 heterocycles. The summed E-state index contributed by atoms with van der Waals surface area (Å²) in [5.74, 6) is 0.839. The average molecular weight is 414 g/mol. The van der Waals surface area contributed by atoms with Crippen LogP contribution in [0.25, 0.3) is 11.0 Å². The van der Waals surface area contributed by atoms with E-state index < -0.39 is 0 Å². The zero-order valence-electron chi connectivity index (χ0n) is 17.0. The van der Waals surface area contributed by atoms with Gasteiger partial charge in [0.05, 0.1) is 22.3 Å². The lowest BCUT2D eigenvalue weighted by Gasteiger charge is -2.13. The molecule has 0 aliphatic rings.